The second-order valence-corrected chi connectivity index (χ2v) is 7.99. The quantitative estimate of drug-likeness (QED) is 0.785. The molecule has 0 aliphatic carbocycles. The summed E-state index contributed by atoms with van der Waals surface area (Å²) in [6.45, 7) is 19.1. The first kappa shape index (κ1) is 17.0. The molecule has 0 spiro atoms. The largest absolute Gasteiger partial charge is 0.314 e. The summed E-state index contributed by atoms with van der Waals surface area (Å²) >= 11 is 0. The molecule has 114 valence electrons. The van der Waals surface area contributed by atoms with Crippen molar-refractivity contribution in [1.29, 1.82) is 0 Å². The standard InChI is InChI=1S/C17H36N2/c1-7-17(6,13-18-15(2)3)14-19-11-8-9-16(4,5)10-12-19/h15,18H,7-14H2,1-6H3. The number of hydrogen-bond donors (Lipinski definition) is 1. The SMILES string of the molecule is CCC(C)(CNC(C)C)CN1CCCC(C)(C)CC1. The third-order valence-electron chi connectivity index (χ3n) is 4.83. The molecule has 1 saturated heterocycles. The van der Waals surface area contributed by atoms with Crippen molar-refractivity contribution >= 4 is 0 Å². The topological polar surface area (TPSA) is 15.3 Å². The fourth-order valence-electron chi connectivity index (χ4n) is 2.92. The predicted octanol–water partition coefficient (Wildman–Crippen LogP) is 3.91. The van der Waals surface area contributed by atoms with E-state index in [1.165, 1.54) is 45.3 Å². The zero-order valence-corrected chi connectivity index (χ0v) is 14.2. The minimum absolute atomic E-state index is 0.415. The predicted molar refractivity (Wildman–Crippen MR) is 85.6 cm³/mol. The van der Waals surface area contributed by atoms with E-state index >= 15 is 0 Å². The van der Waals surface area contributed by atoms with Gasteiger partial charge >= 0.3 is 0 Å². The Kier molecular flexibility index (Phi) is 6.32. The summed E-state index contributed by atoms with van der Waals surface area (Å²) in [4.78, 5) is 2.71. The molecule has 0 aromatic heterocycles. The van der Waals surface area contributed by atoms with E-state index in [2.05, 4.69) is 51.8 Å². The number of rotatable bonds is 6. The molecule has 0 saturated carbocycles. The molecule has 1 fully saturated rings. The summed E-state index contributed by atoms with van der Waals surface area (Å²) in [7, 11) is 0. The van der Waals surface area contributed by atoms with Gasteiger partial charge in [0.2, 0.25) is 0 Å². The first-order valence-electron chi connectivity index (χ1n) is 8.22. The van der Waals surface area contributed by atoms with Crippen LogP contribution in [0.2, 0.25) is 0 Å². The average Bonchev–Trinajstić information content (AvgIpc) is 2.49. The first-order valence-corrected chi connectivity index (χ1v) is 8.22. The van der Waals surface area contributed by atoms with E-state index in [4.69, 9.17) is 0 Å². The Morgan fingerprint density at radius 2 is 1.89 bits per heavy atom. The Hall–Kier alpha value is -0.0800. The molecule has 1 heterocycles. The van der Waals surface area contributed by atoms with Crippen molar-refractivity contribution in [3.63, 3.8) is 0 Å². The molecule has 0 radical (unpaired) electrons. The van der Waals surface area contributed by atoms with Crippen molar-refractivity contribution < 1.29 is 0 Å². The molecule has 2 heteroatoms. The number of hydrogen-bond acceptors (Lipinski definition) is 2. The monoisotopic (exact) mass is 268 g/mol. The van der Waals surface area contributed by atoms with Gasteiger partial charge in [-0.05, 0) is 49.6 Å². The molecule has 1 aliphatic rings. The molecule has 0 aromatic carbocycles. The van der Waals surface area contributed by atoms with Crippen molar-refractivity contribution in [3.8, 4) is 0 Å². The zero-order valence-electron chi connectivity index (χ0n) is 14.2. The van der Waals surface area contributed by atoms with Gasteiger partial charge in [0.05, 0.1) is 0 Å². The Morgan fingerprint density at radius 3 is 2.47 bits per heavy atom. The molecule has 2 nitrogen and oxygen atoms in total. The lowest BCUT2D eigenvalue weighted by Crippen LogP contribution is -2.44. The van der Waals surface area contributed by atoms with Crippen molar-refractivity contribution in [2.45, 2.75) is 73.3 Å². The smallest absolute Gasteiger partial charge is 0.00474 e. The van der Waals surface area contributed by atoms with Crippen LogP contribution in [0.5, 0.6) is 0 Å². The van der Waals surface area contributed by atoms with Crippen LogP contribution in [0.15, 0.2) is 0 Å². The van der Waals surface area contributed by atoms with Crippen molar-refractivity contribution in [2.24, 2.45) is 10.8 Å². The van der Waals surface area contributed by atoms with Gasteiger partial charge in [-0.2, -0.15) is 0 Å². The van der Waals surface area contributed by atoms with Crippen LogP contribution in [-0.4, -0.2) is 37.1 Å². The van der Waals surface area contributed by atoms with Crippen LogP contribution in [0.25, 0.3) is 0 Å². The van der Waals surface area contributed by atoms with Gasteiger partial charge in [-0.15, -0.1) is 0 Å². The molecule has 1 atom stereocenters. The highest BCUT2D eigenvalue weighted by Crippen LogP contribution is 2.31. The normalized spacial score (nSPS) is 24.2. The maximum absolute atomic E-state index is 3.63. The molecule has 1 unspecified atom stereocenters. The van der Waals surface area contributed by atoms with Gasteiger partial charge in [-0.25, -0.2) is 0 Å². The molecule has 1 rings (SSSR count). The minimum Gasteiger partial charge on any atom is -0.314 e. The first-order chi connectivity index (χ1) is 8.76. The van der Waals surface area contributed by atoms with Crippen molar-refractivity contribution in [2.75, 3.05) is 26.2 Å². The molecule has 0 amide bonds. The van der Waals surface area contributed by atoms with Crippen LogP contribution < -0.4 is 5.32 Å². The summed E-state index contributed by atoms with van der Waals surface area (Å²) in [5.41, 5.74) is 0.965. The van der Waals surface area contributed by atoms with Gasteiger partial charge in [0.15, 0.2) is 0 Å². The lowest BCUT2D eigenvalue weighted by Gasteiger charge is -2.35. The second-order valence-electron chi connectivity index (χ2n) is 7.99. The summed E-state index contributed by atoms with van der Waals surface area (Å²) in [6, 6.07) is 0.592. The van der Waals surface area contributed by atoms with Crippen LogP contribution in [-0.2, 0) is 0 Å². The highest BCUT2D eigenvalue weighted by molar-refractivity contribution is 4.83. The maximum atomic E-state index is 3.63. The van der Waals surface area contributed by atoms with E-state index in [9.17, 15) is 0 Å². The highest BCUT2D eigenvalue weighted by atomic mass is 15.1. The molecular formula is C17H36N2. The summed E-state index contributed by atoms with van der Waals surface area (Å²) < 4.78 is 0. The van der Waals surface area contributed by atoms with Crippen LogP contribution in [0.4, 0.5) is 0 Å². The van der Waals surface area contributed by atoms with E-state index in [1.807, 2.05) is 0 Å². The van der Waals surface area contributed by atoms with Crippen LogP contribution in [0.1, 0.15) is 67.2 Å². The number of nitrogens with zero attached hydrogens (tertiary/aromatic N) is 1. The Morgan fingerprint density at radius 1 is 1.21 bits per heavy atom. The molecule has 19 heavy (non-hydrogen) atoms. The Bertz CT molecular complexity index is 260. The lowest BCUT2D eigenvalue weighted by atomic mass is 9.85. The highest BCUT2D eigenvalue weighted by Gasteiger charge is 2.28. The summed E-state index contributed by atoms with van der Waals surface area (Å²) in [5.74, 6) is 0. The molecular weight excluding hydrogens is 232 g/mol. The summed E-state index contributed by atoms with van der Waals surface area (Å²) in [6.07, 6.45) is 5.36. The fraction of sp³-hybridized carbons (Fsp3) is 1.00. The van der Waals surface area contributed by atoms with E-state index in [1.54, 1.807) is 0 Å². The third kappa shape index (κ3) is 6.27. The van der Waals surface area contributed by atoms with Gasteiger partial charge in [0, 0.05) is 19.1 Å². The van der Waals surface area contributed by atoms with Crippen LogP contribution >= 0.6 is 0 Å². The van der Waals surface area contributed by atoms with Gasteiger partial charge < -0.3 is 10.2 Å². The Labute approximate surface area is 121 Å². The van der Waals surface area contributed by atoms with Crippen molar-refractivity contribution in [1.82, 2.24) is 10.2 Å². The molecule has 1 aliphatic heterocycles. The minimum atomic E-state index is 0.415. The number of likely N-dealkylation sites (tertiary alicyclic amines) is 1. The van der Waals surface area contributed by atoms with Gasteiger partial charge in [0.1, 0.15) is 0 Å². The zero-order chi connectivity index (χ0) is 14.5. The average molecular weight is 268 g/mol. The molecule has 1 N–H and O–H groups in total. The van der Waals surface area contributed by atoms with Crippen LogP contribution in [0.3, 0.4) is 0 Å². The van der Waals surface area contributed by atoms with Crippen molar-refractivity contribution in [3.05, 3.63) is 0 Å². The van der Waals surface area contributed by atoms with E-state index in [0.29, 0.717) is 16.9 Å². The van der Waals surface area contributed by atoms with E-state index in [-0.39, 0.29) is 0 Å². The third-order valence-corrected chi connectivity index (χ3v) is 4.83. The Balaban J connectivity index is 2.50. The lowest BCUT2D eigenvalue weighted by molar-refractivity contribution is 0.152. The number of nitrogens with one attached hydrogen (secondary N) is 1. The molecule has 0 bridgehead atoms. The van der Waals surface area contributed by atoms with E-state index < -0.39 is 0 Å². The van der Waals surface area contributed by atoms with Crippen LogP contribution in [0, 0.1) is 10.8 Å². The molecule has 0 aromatic rings. The van der Waals surface area contributed by atoms with Gasteiger partial charge in [0.25, 0.3) is 0 Å². The second kappa shape index (κ2) is 7.08. The summed E-state index contributed by atoms with van der Waals surface area (Å²) in [5, 5.41) is 3.63. The van der Waals surface area contributed by atoms with E-state index in [0.717, 1.165) is 6.54 Å². The maximum Gasteiger partial charge on any atom is 0.00474 e. The van der Waals surface area contributed by atoms with Gasteiger partial charge in [-0.3, -0.25) is 0 Å². The van der Waals surface area contributed by atoms with Gasteiger partial charge in [-0.1, -0.05) is 41.5 Å². The fourth-order valence-corrected chi connectivity index (χ4v) is 2.92.